The highest BCUT2D eigenvalue weighted by Crippen LogP contribution is 2.45. The van der Waals surface area contributed by atoms with Gasteiger partial charge < -0.3 is 4.90 Å². The van der Waals surface area contributed by atoms with E-state index in [1.165, 1.54) is 54.7 Å². The first-order valence-corrected chi connectivity index (χ1v) is 13.1. The summed E-state index contributed by atoms with van der Waals surface area (Å²) in [7, 11) is 0. The van der Waals surface area contributed by atoms with Crippen LogP contribution in [0.1, 0.15) is 5.56 Å². The largest absolute Gasteiger partial charge is 0.309 e. The Bertz CT molecular complexity index is 1860. The maximum atomic E-state index is 2.44. The fourth-order valence-electron chi connectivity index (χ4n) is 5.72. The Morgan fingerprint density at radius 3 is 1.55 bits per heavy atom. The number of hydrogen-bond acceptors (Lipinski definition) is 1. The second kappa shape index (κ2) is 9.21. The number of rotatable bonds is 4. The topological polar surface area (TPSA) is 3.24 Å². The Kier molecular flexibility index (Phi) is 5.41. The van der Waals surface area contributed by atoms with E-state index in [9.17, 15) is 0 Å². The Morgan fingerprint density at radius 2 is 0.895 bits per heavy atom. The lowest BCUT2D eigenvalue weighted by molar-refractivity contribution is 1.31. The SMILES string of the molecule is Cc1c2ccccc2c(N(c2ccc(-c3ccccc3)cc2)c2ccc3ccccc3c2)c2ccccc12. The maximum Gasteiger partial charge on any atom is 0.0618 e. The highest BCUT2D eigenvalue weighted by atomic mass is 15.1. The molecule has 0 aromatic heterocycles. The molecular formula is C37H27N. The summed E-state index contributed by atoms with van der Waals surface area (Å²) in [5.74, 6) is 0. The first kappa shape index (κ1) is 22.3. The van der Waals surface area contributed by atoms with Crippen molar-refractivity contribution in [3.63, 3.8) is 0 Å². The van der Waals surface area contributed by atoms with Crippen molar-refractivity contribution in [3.8, 4) is 11.1 Å². The third-order valence-corrected chi connectivity index (χ3v) is 7.62. The summed E-state index contributed by atoms with van der Waals surface area (Å²) < 4.78 is 0. The molecule has 38 heavy (non-hydrogen) atoms. The summed E-state index contributed by atoms with van der Waals surface area (Å²) in [6.07, 6.45) is 0. The minimum absolute atomic E-state index is 1.14. The molecule has 0 amide bonds. The van der Waals surface area contributed by atoms with Crippen LogP contribution in [-0.4, -0.2) is 0 Å². The van der Waals surface area contributed by atoms with E-state index in [4.69, 9.17) is 0 Å². The average Bonchev–Trinajstić information content (AvgIpc) is 3.00. The van der Waals surface area contributed by atoms with Gasteiger partial charge in [0.05, 0.1) is 5.69 Å². The van der Waals surface area contributed by atoms with Crippen molar-refractivity contribution in [3.05, 3.63) is 151 Å². The fraction of sp³-hybridized carbons (Fsp3) is 0.0270. The predicted octanol–water partition coefficient (Wildman–Crippen LogP) is 10.6. The molecule has 0 heterocycles. The number of aryl methyl sites for hydroxylation is 1. The summed E-state index contributed by atoms with van der Waals surface area (Å²) in [6.45, 7) is 2.24. The third kappa shape index (κ3) is 3.72. The number of nitrogens with zero attached hydrogens (tertiary/aromatic N) is 1. The molecule has 0 spiro atoms. The minimum atomic E-state index is 1.14. The highest BCUT2D eigenvalue weighted by molar-refractivity contribution is 6.16. The molecule has 7 aromatic carbocycles. The molecule has 0 saturated carbocycles. The van der Waals surface area contributed by atoms with Crippen LogP contribution < -0.4 is 4.90 Å². The van der Waals surface area contributed by atoms with E-state index in [0.29, 0.717) is 0 Å². The van der Waals surface area contributed by atoms with Crippen LogP contribution in [0.4, 0.5) is 17.1 Å². The summed E-state index contributed by atoms with van der Waals surface area (Å²) in [5, 5.41) is 7.56. The van der Waals surface area contributed by atoms with Crippen molar-refractivity contribution >= 4 is 49.4 Å². The Balaban J connectivity index is 1.53. The van der Waals surface area contributed by atoms with Crippen LogP contribution in [0.2, 0.25) is 0 Å². The van der Waals surface area contributed by atoms with Gasteiger partial charge in [-0.1, -0.05) is 121 Å². The lowest BCUT2D eigenvalue weighted by Gasteiger charge is -2.29. The standard InChI is InChI=1S/C37H27N/c1-26-33-15-7-9-17-35(33)37(36-18-10-8-16-34(26)36)38(32-24-21-28-13-5-6-14-30(28)25-32)31-22-19-29(20-23-31)27-11-3-2-4-12-27/h2-25H,1H3. The maximum absolute atomic E-state index is 2.44. The molecular weight excluding hydrogens is 458 g/mol. The van der Waals surface area contributed by atoms with Crippen molar-refractivity contribution < 1.29 is 0 Å². The molecule has 0 radical (unpaired) electrons. The lowest BCUT2D eigenvalue weighted by Crippen LogP contribution is -2.11. The van der Waals surface area contributed by atoms with E-state index in [1.807, 2.05) is 0 Å². The molecule has 0 fully saturated rings. The highest BCUT2D eigenvalue weighted by Gasteiger charge is 2.20. The van der Waals surface area contributed by atoms with E-state index in [1.54, 1.807) is 0 Å². The Hall–Kier alpha value is -4.88. The van der Waals surface area contributed by atoms with Gasteiger partial charge in [-0.3, -0.25) is 0 Å². The van der Waals surface area contributed by atoms with E-state index >= 15 is 0 Å². The molecule has 1 heteroatoms. The molecule has 1 nitrogen and oxygen atoms in total. The summed E-state index contributed by atoms with van der Waals surface area (Å²) in [6, 6.07) is 52.5. The number of benzene rings is 7. The van der Waals surface area contributed by atoms with Crippen molar-refractivity contribution in [2.45, 2.75) is 6.92 Å². The zero-order chi connectivity index (χ0) is 25.5. The number of anilines is 3. The van der Waals surface area contributed by atoms with Gasteiger partial charge in [0.2, 0.25) is 0 Å². The van der Waals surface area contributed by atoms with Crippen molar-refractivity contribution in [1.82, 2.24) is 0 Å². The molecule has 0 aliphatic rings. The first-order chi connectivity index (χ1) is 18.8. The normalized spacial score (nSPS) is 11.3. The summed E-state index contributed by atoms with van der Waals surface area (Å²) in [4.78, 5) is 2.44. The third-order valence-electron chi connectivity index (χ3n) is 7.62. The smallest absolute Gasteiger partial charge is 0.0618 e. The molecule has 0 saturated heterocycles. The predicted molar refractivity (Wildman–Crippen MR) is 164 cm³/mol. The molecule has 0 atom stereocenters. The van der Waals surface area contributed by atoms with Crippen LogP contribution in [0.5, 0.6) is 0 Å². The zero-order valence-corrected chi connectivity index (χ0v) is 21.3. The van der Waals surface area contributed by atoms with Crippen molar-refractivity contribution in [1.29, 1.82) is 0 Å². The van der Waals surface area contributed by atoms with Gasteiger partial charge in [-0.05, 0) is 69.4 Å². The molecule has 7 rings (SSSR count). The van der Waals surface area contributed by atoms with Gasteiger partial charge in [0.15, 0.2) is 0 Å². The van der Waals surface area contributed by atoms with Gasteiger partial charge >= 0.3 is 0 Å². The van der Waals surface area contributed by atoms with Crippen LogP contribution in [0.3, 0.4) is 0 Å². The number of fused-ring (bicyclic) bond motifs is 3. The van der Waals surface area contributed by atoms with Gasteiger partial charge in [0.25, 0.3) is 0 Å². The molecule has 180 valence electrons. The van der Waals surface area contributed by atoms with E-state index in [-0.39, 0.29) is 0 Å². The van der Waals surface area contributed by atoms with Gasteiger partial charge in [0.1, 0.15) is 0 Å². The van der Waals surface area contributed by atoms with Crippen LogP contribution >= 0.6 is 0 Å². The second-order valence-corrected chi connectivity index (χ2v) is 9.84. The summed E-state index contributed by atoms with van der Waals surface area (Å²) >= 11 is 0. The minimum Gasteiger partial charge on any atom is -0.309 e. The van der Waals surface area contributed by atoms with Crippen LogP contribution in [0.25, 0.3) is 43.4 Å². The molecule has 0 N–H and O–H groups in total. The molecule has 0 bridgehead atoms. The Morgan fingerprint density at radius 1 is 0.395 bits per heavy atom. The van der Waals surface area contributed by atoms with Crippen molar-refractivity contribution in [2.24, 2.45) is 0 Å². The van der Waals surface area contributed by atoms with Crippen molar-refractivity contribution in [2.75, 3.05) is 4.90 Å². The van der Waals surface area contributed by atoms with Crippen LogP contribution in [-0.2, 0) is 0 Å². The lowest BCUT2D eigenvalue weighted by atomic mass is 9.94. The van der Waals surface area contributed by atoms with Crippen LogP contribution in [0.15, 0.2) is 146 Å². The van der Waals surface area contributed by atoms with Crippen LogP contribution in [0, 0.1) is 6.92 Å². The second-order valence-electron chi connectivity index (χ2n) is 9.84. The van der Waals surface area contributed by atoms with E-state index in [2.05, 4.69) is 157 Å². The van der Waals surface area contributed by atoms with Gasteiger partial charge in [0, 0.05) is 22.1 Å². The first-order valence-electron chi connectivity index (χ1n) is 13.1. The quantitative estimate of drug-likeness (QED) is 0.224. The monoisotopic (exact) mass is 485 g/mol. The molecule has 0 aliphatic carbocycles. The van der Waals surface area contributed by atoms with E-state index in [0.717, 1.165) is 11.4 Å². The Labute approximate surface area is 223 Å². The molecule has 7 aromatic rings. The molecule has 0 aliphatic heterocycles. The fourth-order valence-corrected chi connectivity index (χ4v) is 5.72. The molecule has 0 unspecified atom stereocenters. The van der Waals surface area contributed by atoms with E-state index < -0.39 is 0 Å². The van der Waals surface area contributed by atoms with Gasteiger partial charge in [-0.25, -0.2) is 0 Å². The average molecular weight is 486 g/mol. The zero-order valence-electron chi connectivity index (χ0n) is 21.3. The summed E-state index contributed by atoms with van der Waals surface area (Å²) in [5.41, 5.74) is 7.26. The van der Waals surface area contributed by atoms with Gasteiger partial charge in [-0.2, -0.15) is 0 Å². The van der Waals surface area contributed by atoms with Gasteiger partial charge in [-0.15, -0.1) is 0 Å². The number of hydrogen-bond donors (Lipinski definition) is 0.